The number of hydrogen-bond acceptors (Lipinski definition) is 4. The summed E-state index contributed by atoms with van der Waals surface area (Å²) >= 11 is 1.38. The van der Waals surface area contributed by atoms with Gasteiger partial charge in [-0.2, -0.15) is 0 Å². The van der Waals surface area contributed by atoms with Gasteiger partial charge in [-0.05, 0) is 6.07 Å². The average molecular weight is 225 g/mol. The van der Waals surface area contributed by atoms with Crippen LogP contribution in [0, 0.1) is 0 Å². The second-order valence-electron chi connectivity index (χ2n) is 3.26. The van der Waals surface area contributed by atoms with Gasteiger partial charge < -0.3 is 16.0 Å². The molecular formula is C10H15N3OS. The number of nitrogen functional groups attached to an aromatic ring is 1. The van der Waals surface area contributed by atoms with Crippen LogP contribution < -0.4 is 16.0 Å². The van der Waals surface area contributed by atoms with E-state index < -0.39 is 0 Å². The molecule has 5 heteroatoms. The van der Waals surface area contributed by atoms with Gasteiger partial charge in [-0.25, -0.2) is 0 Å². The summed E-state index contributed by atoms with van der Waals surface area (Å²) in [6.45, 7) is 3.98. The fraction of sp³-hybridized carbons (Fsp3) is 0.300. The molecule has 1 aromatic rings. The predicted octanol–water partition coefficient (Wildman–Crippen LogP) is 1.31. The summed E-state index contributed by atoms with van der Waals surface area (Å²) < 4.78 is 0. The molecular weight excluding hydrogens is 210 g/mol. The van der Waals surface area contributed by atoms with Gasteiger partial charge in [-0.1, -0.05) is 6.08 Å². The average Bonchev–Trinajstić information content (AvgIpc) is 2.57. The Bertz CT molecular complexity index is 371. The Morgan fingerprint density at radius 3 is 2.87 bits per heavy atom. The summed E-state index contributed by atoms with van der Waals surface area (Å²) in [5, 5.41) is 3.67. The van der Waals surface area contributed by atoms with E-state index in [1.807, 2.05) is 19.0 Å². The normalized spacial score (nSPS) is 9.73. The molecule has 0 aliphatic carbocycles. The van der Waals surface area contributed by atoms with Crippen molar-refractivity contribution in [2.45, 2.75) is 0 Å². The molecule has 4 nitrogen and oxygen atoms in total. The number of rotatable bonds is 4. The summed E-state index contributed by atoms with van der Waals surface area (Å²) in [5.41, 5.74) is 6.27. The van der Waals surface area contributed by atoms with Crippen LogP contribution in [0.3, 0.4) is 0 Å². The number of thiophene rings is 1. The molecule has 0 fully saturated rings. The van der Waals surface area contributed by atoms with Gasteiger partial charge in [-0.3, -0.25) is 4.79 Å². The number of amides is 1. The SMILES string of the molecule is C=CCNC(=O)c1sc(N(C)C)cc1N. The van der Waals surface area contributed by atoms with Crippen LogP contribution in [0.5, 0.6) is 0 Å². The Morgan fingerprint density at radius 1 is 1.73 bits per heavy atom. The molecule has 15 heavy (non-hydrogen) atoms. The minimum absolute atomic E-state index is 0.148. The van der Waals surface area contributed by atoms with Gasteiger partial charge >= 0.3 is 0 Å². The number of nitrogens with two attached hydrogens (primary N) is 1. The van der Waals surface area contributed by atoms with Crippen LogP contribution in [-0.2, 0) is 0 Å². The maximum atomic E-state index is 11.6. The number of hydrogen-bond donors (Lipinski definition) is 2. The fourth-order valence-corrected chi connectivity index (χ4v) is 1.95. The Balaban J connectivity index is 2.84. The van der Waals surface area contributed by atoms with E-state index in [2.05, 4.69) is 11.9 Å². The van der Waals surface area contributed by atoms with Crippen LogP contribution >= 0.6 is 11.3 Å². The minimum atomic E-state index is -0.148. The number of nitrogens with one attached hydrogen (secondary N) is 1. The third-order valence-corrected chi connectivity index (χ3v) is 3.12. The van der Waals surface area contributed by atoms with Crippen molar-refractivity contribution in [3.63, 3.8) is 0 Å². The maximum Gasteiger partial charge on any atom is 0.263 e. The first-order chi connectivity index (χ1) is 7.06. The molecule has 0 aliphatic heterocycles. The van der Waals surface area contributed by atoms with Gasteiger partial charge in [0.05, 0.1) is 10.7 Å². The standard InChI is InChI=1S/C10H15N3OS/c1-4-5-12-10(14)9-7(11)6-8(15-9)13(2)3/h4,6H,1,5,11H2,2-3H3,(H,12,14). The summed E-state index contributed by atoms with van der Waals surface area (Å²) in [6.07, 6.45) is 1.63. The highest BCUT2D eigenvalue weighted by atomic mass is 32.1. The molecule has 0 spiro atoms. The Labute approximate surface area is 93.4 Å². The van der Waals surface area contributed by atoms with Gasteiger partial charge in [0.2, 0.25) is 0 Å². The summed E-state index contributed by atoms with van der Waals surface area (Å²) in [7, 11) is 3.83. The Kier molecular flexibility index (Phi) is 3.74. The van der Waals surface area contributed by atoms with Gasteiger partial charge in [0.25, 0.3) is 5.91 Å². The van der Waals surface area contributed by atoms with E-state index in [1.165, 1.54) is 11.3 Å². The Hall–Kier alpha value is -1.49. The maximum absolute atomic E-state index is 11.6. The highest BCUT2D eigenvalue weighted by Gasteiger charge is 2.14. The van der Waals surface area contributed by atoms with Crippen molar-refractivity contribution >= 4 is 27.9 Å². The molecule has 0 aromatic carbocycles. The highest BCUT2D eigenvalue weighted by molar-refractivity contribution is 7.18. The first kappa shape index (κ1) is 11.6. The van der Waals surface area contributed by atoms with Crippen LogP contribution in [0.15, 0.2) is 18.7 Å². The smallest absolute Gasteiger partial charge is 0.263 e. The van der Waals surface area contributed by atoms with Crippen LogP contribution in [0.25, 0.3) is 0 Å². The zero-order valence-electron chi connectivity index (χ0n) is 8.91. The molecule has 1 aromatic heterocycles. The molecule has 0 atom stereocenters. The van der Waals surface area contributed by atoms with Crippen LogP contribution in [0.2, 0.25) is 0 Å². The second-order valence-corrected chi connectivity index (χ2v) is 4.29. The van der Waals surface area contributed by atoms with Gasteiger partial charge in [0.15, 0.2) is 0 Å². The minimum Gasteiger partial charge on any atom is -0.397 e. The number of carbonyl (C=O) groups excluding carboxylic acids is 1. The highest BCUT2D eigenvalue weighted by Crippen LogP contribution is 2.30. The molecule has 0 radical (unpaired) electrons. The molecule has 82 valence electrons. The third-order valence-electron chi connectivity index (χ3n) is 1.80. The van der Waals surface area contributed by atoms with E-state index in [-0.39, 0.29) is 5.91 Å². The monoisotopic (exact) mass is 225 g/mol. The lowest BCUT2D eigenvalue weighted by atomic mass is 10.3. The lowest BCUT2D eigenvalue weighted by Crippen LogP contribution is -2.22. The van der Waals surface area contributed by atoms with Gasteiger partial charge in [-0.15, -0.1) is 17.9 Å². The molecule has 0 bridgehead atoms. The largest absolute Gasteiger partial charge is 0.397 e. The number of anilines is 2. The van der Waals surface area contributed by atoms with E-state index in [9.17, 15) is 4.79 Å². The van der Waals surface area contributed by atoms with Crippen molar-refractivity contribution in [3.05, 3.63) is 23.6 Å². The molecule has 0 saturated carbocycles. The lowest BCUT2D eigenvalue weighted by Gasteiger charge is -2.06. The predicted molar refractivity (Wildman–Crippen MR) is 65.6 cm³/mol. The van der Waals surface area contributed by atoms with Crippen molar-refractivity contribution in [1.29, 1.82) is 0 Å². The molecule has 0 saturated heterocycles. The summed E-state index contributed by atoms with van der Waals surface area (Å²) in [6, 6.07) is 1.80. The van der Waals surface area contributed by atoms with Crippen LogP contribution in [0.1, 0.15) is 9.67 Å². The molecule has 0 aliphatic rings. The second kappa shape index (κ2) is 4.84. The van der Waals surface area contributed by atoms with E-state index in [0.717, 1.165) is 5.00 Å². The number of nitrogens with zero attached hydrogens (tertiary/aromatic N) is 1. The lowest BCUT2D eigenvalue weighted by molar-refractivity contribution is 0.0963. The summed E-state index contributed by atoms with van der Waals surface area (Å²) in [5.74, 6) is -0.148. The topological polar surface area (TPSA) is 58.4 Å². The van der Waals surface area contributed by atoms with Crippen molar-refractivity contribution in [2.24, 2.45) is 0 Å². The zero-order chi connectivity index (χ0) is 11.4. The van der Waals surface area contributed by atoms with Crippen molar-refractivity contribution < 1.29 is 4.79 Å². The summed E-state index contributed by atoms with van der Waals surface area (Å²) in [4.78, 5) is 14.1. The van der Waals surface area contributed by atoms with Crippen LogP contribution in [0.4, 0.5) is 10.7 Å². The van der Waals surface area contributed by atoms with E-state index >= 15 is 0 Å². The molecule has 1 heterocycles. The Morgan fingerprint density at radius 2 is 2.40 bits per heavy atom. The molecule has 0 unspecified atom stereocenters. The van der Waals surface area contributed by atoms with E-state index in [0.29, 0.717) is 17.1 Å². The fourth-order valence-electron chi connectivity index (χ4n) is 1.03. The van der Waals surface area contributed by atoms with E-state index in [4.69, 9.17) is 5.73 Å². The van der Waals surface area contributed by atoms with Crippen LogP contribution in [-0.4, -0.2) is 26.5 Å². The molecule has 1 rings (SSSR count). The van der Waals surface area contributed by atoms with Crippen molar-refractivity contribution in [1.82, 2.24) is 5.32 Å². The van der Waals surface area contributed by atoms with Crippen molar-refractivity contribution in [3.8, 4) is 0 Å². The van der Waals surface area contributed by atoms with Gasteiger partial charge in [0, 0.05) is 20.6 Å². The van der Waals surface area contributed by atoms with Crippen molar-refractivity contribution in [2.75, 3.05) is 31.3 Å². The number of carbonyl (C=O) groups is 1. The molecule has 1 amide bonds. The third kappa shape index (κ3) is 2.73. The first-order valence-electron chi connectivity index (χ1n) is 4.52. The first-order valence-corrected chi connectivity index (χ1v) is 5.33. The zero-order valence-corrected chi connectivity index (χ0v) is 9.73. The van der Waals surface area contributed by atoms with E-state index in [1.54, 1.807) is 12.1 Å². The van der Waals surface area contributed by atoms with Gasteiger partial charge in [0.1, 0.15) is 4.88 Å². The quantitative estimate of drug-likeness (QED) is 0.760. The molecule has 3 N–H and O–H groups in total.